The third-order valence-corrected chi connectivity index (χ3v) is 3.18. The lowest BCUT2D eigenvalue weighted by Crippen LogP contribution is -2.09. The Balaban J connectivity index is 2.39. The zero-order chi connectivity index (χ0) is 10.8. The molecule has 0 aromatic heterocycles. The van der Waals surface area contributed by atoms with E-state index in [2.05, 4.69) is 13.0 Å². The van der Waals surface area contributed by atoms with E-state index in [4.69, 9.17) is 4.74 Å². The molecule has 1 aromatic rings. The number of methoxy groups -OCH3 is 1. The highest BCUT2D eigenvalue weighted by atomic mass is 16.5. The van der Waals surface area contributed by atoms with Gasteiger partial charge >= 0.3 is 5.97 Å². The number of benzene rings is 1. The molecule has 0 heterocycles. The maximum atomic E-state index is 11.4. The minimum absolute atomic E-state index is 0.240. The first kappa shape index (κ1) is 10.2. The van der Waals surface area contributed by atoms with Gasteiger partial charge < -0.3 is 4.74 Å². The molecule has 1 atom stereocenters. The molecule has 0 radical (unpaired) electrons. The van der Waals surface area contributed by atoms with Gasteiger partial charge in [-0.3, -0.25) is 0 Å². The summed E-state index contributed by atoms with van der Waals surface area (Å²) < 4.78 is 4.72. The lowest BCUT2D eigenvalue weighted by molar-refractivity contribution is 0.0600. The Hall–Kier alpha value is -1.31. The van der Waals surface area contributed by atoms with Crippen molar-refractivity contribution in [2.24, 2.45) is 0 Å². The van der Waals surface area contributed by atoms with Crippen LogP contribution in [-0.2, 0) is 11.2 Å². The molecule has 2 rings (SSSR count). The van der Waals surface area contributed by atoms with Gasteiger partial charge in [0.15, 0.2) is 0 Å². The third kappa shape index (κ3) is 1.89. The monoisotopic (exact) mass is 204 g/mol. The Bertz CT molecular complexity index is 382. The second kappa shape index (κ2) is 4.05. The molecule has 80 valence electrons. The fraction of sp³-hybridized carbons (Fsp3) is 0.462. The third-order valence-electron chi connectivity index (χ3n) is 3.18. The molecular weight excluding hydrogens is 188 g/mol. The van der Waals surface area contributed by atoms with Crippen molar-refractivity contribution in [2.75, 3.05) is 7.11 Å². The summed E-state index contributed by atoms with van der Waals surface area (Å²) in [6.07, 6.45) is 3.62. The average molecular weight is 204 g/mol. The first-order valence-electron chi connectivity index (χ1n) is 5.43. The summed E-state index contributed by atoms with van der Waals surface area (Å²) in [7, 11) is 1.42. The number of fused-ring (bicyclic) bond motifs is 1. The Morgan fingerprint density at radius 1 is 1.47 bits per heavy atom. The molecule has 0 aliphatic heterocycles. The van der Waals surface area contributed by atoms with Crippen LogP contribution in [0, 0.1) is 0 Å². The fourth-order valence-electron chi connectivity index (χ4n) is 2.28. The molecule has 1 aliphatic carbocycles. The van der Waals surface area contributed by atoms with Crippen LogP contribution in [0.2, 0.25) is 0 Å². The van der Waals surface area contributed by atoms with Gasteiger partial charge in [0.05, 0.1) is 12.7 Å². The first-order valence-corrected chi connectivity index (χ1v) is 5.43. The quantitative estimate of drug-likeness (QED) is 0.657. The molecule has 1 aliphatic rings. The number of hydrogen-bond donors (Lipinski definition) is 0. The summed E-state index contributed by atoms with van der Waals surface area (Å²) >= 11 is 0. The second-order valence-corrected chi connectivity index (χ2v) is 4.20. The summed E-state index contributed by atoms with van der Waals surface area (Å²) in [6.45, 7) is 2.22. The van der Waals surface area contributed by atoms with Crippen LogP contribution in [0.1, 0.15) is 47.2 Å². The lowest BCUT2D eigenvalue weighted by atomic mass is 9.83. The molecule has 0 saturated carbocycles. The van der Waals surface area contributed by atoms with E-state index in [1.807, 2.05) is 12.1 Å². The number of hydrogen-bond acceptors (Lipinski definition) is 2. The molecule has 0 bridgehead atoms. The van der Waals surface area contributed by atoms with E-state index in [-0.39, 0.29) is 5.97 Å². The molecule has 15 heavy (non-hydrogen) atoms. The highest BCUT2D eigenvalue weighted by Gasteiger charge is 2.18. The van der Waals surface area contributed by atoms with Crippen LogP contribution >= 0.6 is 0 Å². The molecular formula is C13H16O2. The SMILES string of the molecule is COC(=O)c1ccc2c(c1)[C@H](C)CCC2. The van der Waals surface area contributed by atoms with Gasteiger partial charge in [-0.05, 0) is 48.4 Å². The van der Waals surface area contributed by atoms with Crippen molar-refractivity contribution < 1.29 is 9.53 Å². The van der Waals surface area contributed by atoms with Crippen LogP contribution in [-0.4, -0.2) is 13.1 Å². The van der Waals surface area contributed by atoms with Crippen molar-refractivity contribution in [3.63, 3.8) is 0 Å². The van der Waals surface area contributed by atoms with Gasteiger partial charge in [0.25, 0.3) is 0 Å². The molecule has 0 spiro atoms. The first-order chi connectivity index (χ1) is 7.22. The predicted molar refractivity (Wildman–Crippen MR) is 59.1 cm³/mol. The zero-order valence-corrected chi connectivity index (χ0v) is 9.25. The van der Waals surface area contributed by atoms with E-state index in [1.165, 1.54) is 31.1 Å². The summed E-state index contributed by atoms with van der Waals surface area (Å²) in [4.78, 5) is 11.4. The van der Waals surface area contributed by atoms with E-state index in [1.54, 1.807) is 0 Å². The summed E-state index contributed by atoms with van der Waals surface area (Å²) in [5.74, 6) is 0.328. The van der Waals surface area contributed by atoms with Gasteiger partial charge in [-0.1, -0.05) is 13.0 Å². The van der Waals surface area contributed by atoms with Crippen LogP contribution in [0.15, 0.2) is 18.2 Å². The number of carbonyl (C=O) groups excluding carboxylic acids is 1. The van der Waals surface area contributed by atoms with Crippen molar-refractivity contribution in [2.45, 2.75) is 32.1 Å². The van der Waals surface area contributed by atoms with Crippen LogP contribution < -0.4 is 0 Å². The van der Waals surface area contributed by atoms with Gasteiger partial charge in [0.2, 0.25) is 0 Å². The summed E-state index contributed by atoms with van der Waals surface area (Å²) in [5, 5.41) is 0. The Kier molecular flexibility index (Phi) is 2.76. The van der Waals surface area contributed by atoms with E-state index in [0.717, 1.165) is 6.42 Å². The van der Waals surface area contributed by atoms with Gasteiger partial charge in [-0.2, -0.15) is 0 Å². The maximum absolute atomic E-state index is 11.4. The normalized spacial score (nSPS) is 19.5. The molecule has 0 unspecified atom stereocenters. The number of esters is 1. The fourth-order valence-corrected chi connectivity index (χ4v) is 2.28. The number of aryl methyl sites for hydroxylation is 1. The van der Waals surface area contributed by atoms with Crippen molar-refractivity contribution in [1.82, 2.24) is 0 Å². The van der Waals surface area contributed by atoms with Crippen LogP contribution in [0.5, 0.6) is 0 Å². The number of rotatable bonds is 1. The van der Waals surface area contributed by atoms with Crippen molar-refractivity contribution in [1.29, 1.82) is 0 Å². The van der Waals surface area contributed by atoms with Crippen LogP contribution in [0.4, 0.5) is 0 Å². The highest BCUT2D eigenvalue weighted by molar-refractivity contribution is 5.89. The maximum Gasteiger partial charge on any atom is 0.337 e. The minimum Gasteiger partial charge on any atom is -0.465 e. The van der Waals surface area contributed by atoms with E-state index in [0.29, 0.717) is 11.5 Å². The van der Waals surface area contributed by atoms with Gasteiger partial charge in [-0.15, -0.1) is 0 Å². The Labute approximate surface area is 90.3 Å². The highest BCUT2D eigenvalue weighted by Crippen LogP contribution is 2.31. The van der Waals surface area contributed by atoms with Crippen LogP contribution in [0.25, 0.3) is 0 Å². The Morgan fingerprint density at radius 3 is 3.00 bits per heavy atom. The standard InChI is InChI=1S/C13H16O2/c1-9-4-3-5-10-6-7-11(8-12(9)10)13(14)15-2/h6-9H,3-5H2,1-2H3/t9-/m1/s1. The molecule has 2 nitrogen and oxygen atoms in total. The van der Waals surface area contributed by atoms with Crippen molar-refractivity contribution in [3.8, 4) is 0 Å². The van der Waals surface area contributed by atoms with Crippen LogP contribution in [0.3, 0.4) is 0 Å². The van der Waals surface area contributed by atoms with Crippen molar-refractivity contribution in [3.05, 3.63) is 34.9 Å². The van der Waals surface area contributed by atoms with Gasteiger partial charge in [-0.25, -0.2) is 4.79 Å². The summed E-state index contributed by atoms with van der Waals surface area (Å²) in [6, 6.07) is 5.92. The Morgan fingerprint density at radius 2 is 2.27 bits per heavy atom. The number of ether oxygens (including phenoxy) is 1. The zero-order valence-electron chi connectivity index (χ0n) is 9.25. The molecule has 0 fully saturated rings. The molecule has 0 saturated heterocycles. The lowest BCUT2D eigenvalue weighted by Gasteiger charge is -2.22. The smallest absolute Gasteiger partial charge is 0.337 e. The molecule has 2 heteroatoms. The minimum atomic E-state index is -0.240. The van der Waals surface area contributed by atoms with E-state index < -0.39 is 0 Å². The topological polar surface area (TPSA) is 26.3 Å². The molecule has 0 amide bonds. The van der Waals surface area contributed by atoms with Gasteiger partial charge in [0.1, 0.15) is 0 Å². The van der Waals surface area contributed by atoms with E-state index in [9.17, 15) is 4.79 Å². The number of carbonyl (C=O) groups is 1. The molecule has 1 aromatic carbocycles. The second-order valence-electron chi connectivity index (χ2n) is 4.20. The van der Waals surface area contributed by atoms with Gasteiger partial charge in [0, 0.05) is 0 Å². The summed E-state index contributed by atoms with van der Waals surface area (Å²) in [5.41, 5.74) is 3.38. The predicted octanol–water partition coefficient (Wildman–Crippen LogP) is 2.91. The molecule has 0 N–H and O–H groups in total. The average Bonchev–Trinajstić information content (AvgIpc) is 2.28. The van der Waals surface area contributed by atoms with Crippen molar-refractivity contribution >= 4 is 5.97 Å². The van der Waals surface area contributed by atoms with E-state index >= 15 is 0 Å². The largest absolute Gasteiger partial charge is 0.465 e.